The fourth-order valence-electron chi connectivity index (χ4n) is 3.64. The fourth-order valence-corrected chi connectivity index (χ4v) is 3.64. The molecule has 0 radical (unpaired) electrons. The largest absolute Gasteiger partial charge is 0.433 e. The van der Waals surface area contributed by atoms with Crippen LogP contribution in [0.15, 0.2) is 12.3 Å². The van der Waals surface area contributed by atoms with Gasteiger partial charge >= 0.3 is 6.18 Å². The summed E-state index contributed by atoms with van der Waals surface area (Å²) in [7, 11) is 0. The van der Waals surface area contributed by atoms with Crippen LogP contribution in [0, 0.1) is 0 Å². The molecule has 1 aromatic heterocycles. The number of nitrogens with two attached hydrogens (primary N) is 1. The number of anilines is 1. The molecular formula is C23H31F3N4O7. The van der Waals surface area contributed by atoms with E-state index in [1.54, 1.807) is 0 Å². The quantitative estimate of drug-likeness (QED) is 0.250. The molecule has 1 aliphatic heterocycles. The highest BCUT2D eigenvalue weighted by molar-refractivity contribution is 5.90. The number of ketones is 4. The average molecular weight is 533 g/mol. The summed E-state index contributed by atoms with van der Waals surface area (Å²) in [5.41, 5.74) is 4.08. The van der Waals surface area contributed by atoms with Crippen LogP contribution in [0.25, 0.3) is 0 Å². The zero-order valence-electron chi connectivity index (χ0n) is 20.1. The maximum Gasteiger partial charge on any atom is 0.433 e. The number of halogens is 3. The van der Waals surface area contributed by atoms with Crippen molar-refractivity contribution in [3.63, 3.8) is 0 Å². The smallest absolute Gasteiger partial charge is 0.388 e. The monoisotopic (exact) mass is 532 g/mol. The SMILES string of the molecule is NCCC(=O)CCC(=O)CCC(=O)CCC(=O)CC1OCC(Nc2nccc(C(F)(F)F)n2)C(O)C1O. The number of alkyl halides is 3. The van der Waals surface area contributed by atoms with E-state index in [-0.39, 0.29) is 81.9 Å². The second-order valence-corrected chi connectivity index (χ2v) is 8.76. The molecule has 14 heteroatoms. The number of aromatic nitrogens is 2. The number of nitrogens with zero attached hydrogens (tertiary/aromatic N) is 2. The number of hydrogen-bond acceptors (Lipinski definition) is 11. The van der Waals surface area contributed by atoms with Crippen molar-refractivity contribution >= 4 is 29.1 Å². The lowest BCUT2D eigenvalue weighted by molar-refractivity contribution is -0.151. The van der Waals surface area contributed by atoms with E-state index in [4.69, 9.17) is 10.5 Å². The Morgan fingerprint density at radius 3 is 2.03 bits per heavy atom. The first-order valence-electron chi connectivity index (χ1n) is 11.8. The third kappa shape index (κ3) is 10.2. The third-order valence-corrected chi connectivity index (χ3v) is 5.79. The maximum absolute atomic E-state index is 12.8. The summed E-state index contributed by atoms with van der Waals surface area (Å²) in [6.45, 7) is -0.0295. The van der Waals surface area contributed by atoms with Crippen molar-refractivity contribution in [3.05, 3.63) is 18.0 Å². The van der Waals surface area contributed by atoms with Crippen molar-refractivity contribution in [2.75, 3.05) is 18.5 Å². The molecule has 0 saturated carbocycles. The first-order valence-corrected chi connectivity index (χ1v) is 11.8. The first kappa shape index (κ1) is 30.4. The average Bonchev–Trinajstić information content (AvgIpc) is 2.84. The minimum atomic E-state index is -4.69. The van der Waals surface area contributed by atoms with Gasteiger partial charge < -0.3 is 26.0 Å². The van der Waals surface area contributed by atoms with Gasteiger partial charge in [0, 0.05) is 57.6 Å². The first-order chi connectivity index (χ1) is 17.4. The summed E-state index contributed by atoms with van der Waals surface area (Å²) in [4.78, 5) is 54.5. The number of nitrogens with one attached hydrogen (secondary N) is 1. The molecule has 1 aliphatic rings. The lowest BCUT2D eigenvalue weighted by Crippen LogP contribution is -2.56. The molecule has 4 unspecified atom stereocenters. The highest BCUT2D eigenvalue weighted by Crippen LogP contribution is 2.28. The molecule has 37 heavy (non-hydrogen) atoms. The second-order valence-electron chi connectivity index (χ2n) is 8.76. The molecule has 4 atom stereocenters. The fraction of sp³-hybridized carbons (Fsp3) is 0.652. The van der Waals surface area contributed by atoms with Crippen LogP contribution in [0.5, 0.6) is 0 Å². The van der Waals surface area contributed by atoms with Gasteiger partial charge in [0.1, 0.15) is 41.0 Å². The van der Waals surface area contributed by atoms with Crippen molar-refractivity contribution in [2.24, 2.45) is 5.73 Å². The second kappa shape index (κ2) is 14.2. The highest BCUT2D eigenvalue weighted by Gasteiger charge is 2.40. The molecule has 0 aromatic carbocycles. The number of Topliss-reactive ketones (excluding diaryl/α,β-unsaturated/α-hetero) is 4. The van der Waals surface area contributed by atoms with Gasteiger partial charge in [-0.2, -0.15) is 13.2 Å². The predicted molar refractivity (Wildman–Crippen MR) is 122 cm³/mol. The zero-order chi connectivity index (χ0) is 27.6. The van der Waals surface area contributed by atoms with E-state index in [2.05, 4.69) is 15.3 Å². The van der Waals surface area contributed by atoms with Gasteiger partial charge in [0.2, 0.25) is 5.95 Å². The number of aliphatic hydroxyl groups is 2. The maximum atomic E-state index is 12.8. The molecule has 0 bridgehead atoms. The molecule has 206 valence electrons. The van der Waals surface area contributed by atoms with Crippen LogP contribution in [0.2, 0.25) is 0 Å². The lowest BCUT2D eigenvalue weighted by atomic mass is 9.93. The van der Waals surface area contributed by atoms with Crippen LogP contribution in [0.3, 0.4) is 0 Å². The van der Waals surface area contributed by atoms with Gasteiger partial charge in [0.15, 0.2) is 0 Å². The molecule has 1 saturated heterocycles. The summed E-state index contributed by atoms with van der Waals surface area (Å²) in [6.07, 6.45) is -8.19. The Hall–Kier alpha value is -2.81. The number of carbonyl (C=O) groups excluding carboxylic acids is 4. The highest BCUT2D eigenvalue weighted by atomic mass is 19.4. The standard InChI is InChI=1S/C23H31F3N4O7/c24-23(25,26)19-8-10-28-22(30-19)29-17-12-37-18(21(36)20(17)35)11-16(34)6-5-14(32)2-1-13(31)3-4-15(33)7-9-27/h8,10,17-18,20-21,35-36H,1-7,9,11-12,27H2,(H,28,29,30). The van der Waals surface area contributed by atoms with Gasteiger partial charge in [-0.15, -0.1) is 0 Å². The van der Waals surface area contributed by atoms with Gasteiger partial charge in [0.25, 0.3) is 0 Å². The van der Waals surface area contributed by atoms with E-state index in [1.807, 2.05) is 0 Å². The Bertz CT molecular complexity index is 961. The van der Waals surface area contributed by atoms with Gasteiger partial charge in [-0.1, -0.05) is 0 Å². The Labute approximate surface area is 211 Å². The summed E-state index contributed by atoms with van der Waals surface area (Å²) in [6, 6.07) is -0.347. The number of rotatable bonds is 15. The summed E-state index contributed by atoms with van der Waals surface area (Å²) >= 11 is 0. The molecule has 2 heterocycles. The molecular weight excluding hydrogens is 501 g/mol. The van der Waals surface area contributed by atoms with Crippen LogP contribution in [0.4, 0.5) is 19.1 Å². The van der Waals surface area contributed by atoms with Crippen LogP contribution < -0.4 is 11.1 Å². The molecule has 1 fully saturated rings. The van der Waals surface area contributed by atoms with Gasteiger partial charge in [-0.05, 0) is 12.6 Å². The number of carbonyl (C=O) groups is 4. The van der Waals surface area contributed by atoms with Crippen molar-refractivity contribution in [3.8, 4) is 0 Å². The van der Waals surface area contributed by atoms with Gasteiger partial charge in [-0.3, -0.25) is 19.2 Å². The van der Waals surface area contributed by atoms with Crippen molar-refractivity contribution in [1.82, 2.24) is 9.97 Å². The van der Waals surface area contributed by atoms with E-state index in [0.717, 1.165) is 6.20 Å². The molecule has 0 spiro atoms. The minimum Gasteiger partial charge on any atom is -0.388 e. The lowest BCUT2D eigenvalue weighted by Gasteiger charge is -2.37. The molecule has 0 amide bonds. The van der Waals surface area contributed by atoms with E-state index in [0.29, 0.717) is 6.07 Å². The molecule has 5 N–H and O–H groups in total. The van der Waals surface area contributed by atoms with Gasteiger partial charge in [-0.25, -0.2) is 9.97 Å². The van der Waals surface area contributed by atoms with Gasteiger partial charge in [0.05, 0.1) is 18.8 Å². The Kier molecular flexibility index (Phi) is 11.7. The Balaban J connectivity index is 1.73. The molecule has 0 aliphatic carbocycles. The number of ether oxygens (including phenoxy) is 1. The summed E-state index contributed by atoms with van der Waals surface area (Å²) in [5, 5.41) is 23.2. The van der Waals surface area contributed by atoms with Crippen LogP contribution in [-0.2, 0) is 30.1 Å². The third-order valence-electron chi connectivity index (χ3n) is 5.79. The minimum absolute atomic E-state index is 0.0243. The van der Waals surface area contributed by atoms with Crippen molar-refractivity contribution < 1.29 is 47.3 Å². The summed E-state index contributed by atoms with van der Waals surface area (Å²) < 4.78 is 43.9. The Morgan fingerprint density at radius 1 is 0.946 bits per heavy atom. The number of aliphatic hydroxyl groups excluding tert-OH is 2. The van der Waals surface area contributed by atoms with E-state index < -0.39 is 48.0 Å². The van der Waals surface area contributed by atoms with E-state index in [9.17, 15) is 42.6 Å². The van der Waals surface area contributed by atoms with Crippen LogP contribution >= 0.6 is 0 Å². The zero-order valence-corrected chi connectivity index (χ0v) is 20.1. The summed E-state index contributed by atoms with van der Waals surface area (Å²) in [5.74, 6) is -1.46. The topological polar surface area (TPSA) is 182 Å². The normalized spacial score (nSPS) is 21.9. The Morgan fingerprint density at radius 2 is 1.49 bits per heavy atom. The van der Waals surface area contributed by atoms with Crippen LogP contribution in [0.1, 0.15) is 57.1 Å². The molecule has 2 rings (SSSR count). The predicted octanol–water partition coefficient (Wildman–Crippen LogP) is 0.752. The number of hydrogen-bond donors (Lipinski definition) is 4. The molecule has 1 aromatic rings. The van der Waals surface area contributed by atoms with E-state index in [1.165, 1.54) is 0 Å². The van der Waals surface area contributed by atoms with E-state index >= 15 is 0 Å². The molecule has 11 nitrogen and oxygen atoms in total. The van der Waals surface area contributed by atoms with Crippen molar-refractivity contribution in [2.45, 2.75) is 81.9 Å². The van der Waals surface area contributed by atoms with Crippen LogP contribution in [-0.4, -0.2) is 80.8 Å². The van der Waals surface area contributed by atoms with Crippen molar-refractivity contribution in [1.29, 1.82) is 0 Å².